The van der Waals surface area contributed by atoms with Gasteiger partial charge in [0.15, 0.2) is 5.11 Å². The quantitative estimate of drug-likeness (QED) is 0.299. The van der Waals surface area contributed by atoms with Crippen LogP contribution in [-0.4, -0.2) is 48.1 Å². The molecule has 0 unspecified atom stereocenters. The predicted octanol–water partition coefficient (Wildman–Crippen LogP) is 5.93. The molecule has 2 N–H and O–H groups in total. The highest BCUT2D eigenvalue weighted by atomic mass is 32.1. The number of nitrogens with one attached hydrogen (secondary N) is 2. The van der Waals surface area contributed by atoms with Gasteiger partial charge >= 0.3 is 0 Å². The summed E-state index contributed by atoms with van der Waals surface area (Å²) >= 11 is 8.95. The molecule has 0 spiro atoms. The van der Waals surface area contributed by atoms with Gasteiger partial charge in [0.2, 0.25) is 0 Å². The number of hydrogen-bond acceptors (Lipinski definition) is 6. The van der Waals surface area contributed by atoms with Crippen LogP contribution in [0.5, 0.6) is 0 Å². The minimum absolute atomic E-state index is 0.115. The molecule has 5 rings (SSSR count). The van der Waals surface area contributed by atoms with Gasteiger partial charge in [0.1, 0.15) is 5.69 Å². The maximum atomic E-state index is 12.7. The normalized spacial score (nSPS) is 14.1. The van der Waals surface area contributed by atoms with Crippen LogP contribution in [0.25, 0.3) is 10.1 Å². The first-order valence-corrected chi connectivity index (χ1v) is 14.2. The van der Waals surface area contributed by atoms with E-state index in [4.69, 9.17) is 17.2 Å². The Bertz CT molecular complexity index is 1350. The van der Waals surface area contributed by atoms with Gasteiger partial charge < -0.3 is 20.4 Å². The Balaban J connectivity index is 1.12. The first-order chi connectivity index (χ1) is 17.5. The molecule has 2 aromatic heterocycles. The third kappa shape index (κ3) is 5.53. The van der Waals surface area contributed by atoms with E-state index in [1.807, 2.05) is 31.6 Å². The van der Waals surface area contributed by atoms with E-state index in [0.717, 1.165) is 53.0 Å². The molecule has 3 heterocycles. The lowest BCUT2D eigenvalue weighted by Gasteiger charge is -2.33. The average Bonchev–Trinajstić information content (AvgIpc) is 3.56. The van der Waals surface area contributed by atoms with Crippen molar-refractivity contribution in [3.8, 4) is 0 Å². The number of hydrogen-bond donors (Lipinski definition) is 2. The molecule has 0 aliphatic carbocycles. The molecular formula is C27H29N5OS3. The average molecular weight is 536 g/mol. The Morgan fingerprint density at radius 1 is 1.08 bits per heavy atom. The molecule has 0 atom stereocenters. The van der Waals surface area contributed by atoms with Crippen molar-refractivity contribution >= 4 is 67.4 Å². The summed E-state index contributed by atoms with van der Waals surface area (Å²) in [5, 5.41) is 13.4. The molecular weight excluding hydrogens is 507 g/mol. The SMILES string of the molecule is CN(C)c1ccc(NC(=S)N2CCC(c3nc(C(=O)NCc4csc5ccccc45)cs3)CC2)cc1. The van der Waals surface area contributed by atoms with E-state index in [-0.39, 0.29) is 5.91 Å². The van der Waals surface area contributed by atoms with Crippen LogP contribution in [0.4, 0.5) is 11.4 Å². The van der Waals surface area contributed by atoms with E-state index in [1.165, 1.54) is 10.1 Å². The third-order valence-electron chi connectivity index (χ3n) is 6.52. The third-order valence-corrected chi connectivity index (χ3v) is 8.90. The number of benzene rings is 2. The molecule has 36 heavy (non-hydrogen) atoms. The lowest BCUT2D eigenvalue weighted by atomic mass is 9.98. The maximum Gasteiger partial charge on any atom is 0.271 e. The number of piperidine rings is 1. The summed E-state index contributed by atoms with van der Waals surface area (Å²) in [5.41, 5.74) is 3.81. The van der Waals surface area contributed by atoms with Crippen molar-refractivity contribution in [2.24, 2.45) is 0 Å². The van der Waals surface area contributed by atoms with Gasteiger partial charge in [-0.15, -0.1) is 22.7 Å². The topological polar surface area (TPSA) is 60.5 Å². The highest BCUT2D eigenvalue weighted by Gasteiger charge is 2.25. The Labute approximate surface area is 225 Å². The van der Waals surface area contributed by atoms with Crippen LogP contribution in [0.1, 0.15) is 39.8 Å². The van der Waals surface area contributed by atoms with Crippen molar-refractivity contribution in [1.82, 2.24) is 15.2 Å². The number of thiocarbonyl (C=S) groups is 1. The lowest BCUT2D eigenvalue weighted by Crippen LogP contribution is -2.40. The summed E-state index contributed by atoms with van der Waals surface area (Å²) in [4.78, 5) is 21.7. The molecule has 1 fully saturated rings. The van der Waals surface area contributed by atoms with Crippen molar-refractivity contribution < 1.29 is 4.79 Å². The Morgan fingerprint density at radius 3 is 2.58 bits per heavy atom. The number of aromatic nitrogens is 1. The van der Waals surface area contributed by atoms with E-state index in [2.05, 4.69) is 62.2 Å². The second kappa shape index (κ2) is 10.9. The lowest BCUT2D eigenvalue weighted by molar-refractivity contribution is 0.0946. The van der Waals surface area contributed by atoms with Gasteiger partial charge in [0.05, 0.1) is 5.01 Å². The molecule has 0 radical (unpaired) electrons. The Morgan fingerprint density at radius 2 is 1.83 bits per heavy atom. The van der Waals surface area contributed by atoms with Gasteiger partial charge in [-0.2, -0.15) is 0 Å². The number of thiazole rings is 1. The first-order valence-electron chi connectivity index (χ1n) is 12.0. The summed E-state index contributed by atoms with van der Waals surface area (Å²) < 4.78 is 1.24. The first kappa shape index (κ1) is 24.7. The molecule has 0 saturated carbocycles. The number of rotatable bonds is 6. The molecule has 1 amide bonds. The molecule has 1 saturated heterocycles. The van der Waals surface area contributed by atoms with Gasteiger partial charge in [0.25, 0.3) is 5.91 Å². The Hall–Kier alpha value is -3.01. The van der Waals surface area contributed by atoms with E-state index in [9.17, 15) is 4.79 Å². The number of fused-ring (bicyclic) bond motifs is 1. The minimum atomic E-state index is -0.115. The molecule has 9 heteroatoms. The molecule has 6 nitrogen and oxygen atoms in total. The van der Waals surface area contributed by atoms with Crippen molar-refractivity contribution in [2.75, 3.05) is 37.4 Å². The largest absolute Gasteiger partial charge is 0.378 e. The minimum Gasteiger partial charge on any atom is -0.378 e. The monoisotopic (exact) mass is 535 g/mol. The van der Waals surface area contributed by atoms with Crippen LogP contribution in [0.15, 0.2) is 59.3 Å². The highest BCUT2D eigenvalue weighted by molar-refractivity contribution is 7.80. The van der Waals surface area contributed by atoms with Crippen LogP contribution < -0.4 is 15.5 Å². The fourth-order valence-electron chi connectivity index (χ4n) is 4.39. The smallest absolute Gasteiger partial charge is 0.271 e. The molecule has 186 valence electrons. The van der Waals surface area contributed by atoms with Crippen molar-refractivity contribution in [3.05, 3.63) is 75.6 Å². The van der Waals surface area contributed by atoms with E-state index < -0.39 is 0 Å². The Kier molecular flexibility index (Phi) is 7.50. The van der Waals surface area contributed by atoms with Crippen LogP contribution in [0, 0.1) is 0 Å². The second-order valence-electron chi connectivity index (χ2n) is 9.14. The molecule has 2 aromatic carbocycles. The van der Waals surface area contributed by atoms with Gasteiger partial charge in [-0.05, 0) is 71.7 Å². The highest BCUT2D eigenvalue weighted by Crippen LogP contribution is 2.31. The maximum absolute atomic E-state index is 12.7. The van der Waals surface area contributed by atoms with Crippen molar-refractivity contribution in [1.29, 1.82) is 0 Å². The summed E-state index contributed by atoms with van der Waals surface area (Å²) in [6.45, 7) is 2.26. The zero-order valence-electron chi connectivity index (χ0n) is 20.4. The number of thiophene rings is 1. The van der Waals surface area contributed by atoms with Gasteiger partial charge in [-0.25, -0.2) is 4.98 Å². The van der Waals surface area contributed by atoms with Gasteiger partial charge in [-0.1, -0.05) is 18.2 Å². The van der Waals surface area contributed by atoms with Gasteiger partial charge in [-0.3, -0.25) is 4.79 Å². The zero-order valence-corrected chi connectivity index (χ0v) is 22.8. The summed E-state index contributed by atoms with van der Waals surface area (Å²) in [7, 11) is 4.06. The number of carbonyl (C=O) groups is 1. The second-order valence-corrected chi connectivity index (χ2v) is 11.3. The number of amides is 1. The van der Waals surface area contributed by atoms with E-state index in [0.29, 0.717) is 18.2 Å². The van der Waals surface area contributed by atoms with Crippen LogP contribution >= 0.6 is 34.9 Å². The number of nitrogens with zero attached hydrogens (tertiary/aromatic N) is 3. The van der Waals surface area contributed by atoms with E-state index in [1.54, 1.807) is 22.7 Å². The van der Waals surface area contributed by atoms with Crippen LogP contribution in [0.2, 0.25) is 0 Å². The van der Waals surface area contributed by atoms with E-state index >= 15 is 0 Å². The zero-order chi connectivity index (χ0) is 25.1. The van der Waals surface area contributed by atoms with Crippen LogP contribution in [-0.2, 0) is 6.54 Å². The molecule has 0 bridgehead atoms. The van der Waals surface area contributed by atoms with Crippen LogP contribution in [0.3, 0.4) is 0 Å². The standard InChI is InChI=1S/C27H29N5OS3/c1-31(2)21-9-7-20(8-10-21)29-27(34)32-13-11-18(12-14-32)26-30-23(17-36-26)25(33)28-15-19-16-35-24-6-4-3-5-22(19)24/h3-10,16-18H,11-15H2,1-2H3,(H,28,33)(H,29,34). The molecule has 4 aromatic rings. The van der Waals surface area contributed by atoms with Crippen molar-refractivity contribution in [3.63, 3.8) is 0 Å². The summed E-state index contributed by atoms with van der Waals surface area (Å²) in [6.07, 6.45) is 1.94. The molecule has 1 aliphatic heterocycles. The number of carbonyl (C=O) groups excluding carboxylic acids is 1. The summed E-state index contributed by atoms with van der Waals surface area (Å²) in [6, 6.07) is 16.5. The molecule has 1 aliphatic rings. The number of anilines is 2. The predicted molar refractivity (Wildman–Crippen MR) is 156 cm³/mol. The summed E-state index contributed by atoms with van der Waals surface area (Å²) in [5.74, 6) is 0.242. The fourth-order valence-corrected chi connectivity index (χ4v) is 6.62. The van der Waals surface area contributed by atoms with Gasteiger partial charge in [0, 0.05) is 61.1 Å². The fraction of sp³-hybridized carbons (Fsp3) is 0.296. The number of likely N-dealkylation sites (tertiary alicyclic amines) is 1. The van der Waals surface area contributed by atoms with Crippen molar-refractivity contribution in [2.45, 2.75) is 25.3 Å².